The molecule has 10 heterocycles. The third-order valence-corrected chi connectivity index (χ3v) is 21.9. The predicted molar refractivity (Wildman–Crippen MR) is 331 cm³/mol. The number of likely N-dealkylation sites (tertiary alicyclic amines) is 1. The number of ether oxygens (including phenoxy) is 5. The first kappa shape index (κ1) is 58.4. The van der Waals surface area contributed by atoms with E-state index in [0.29, 0.717) is 94.9 Å². The Morgan fingerprint density at radius 3 is 2.47 bits per heavy atom. The Kier molecular flexibility index (Phi) is 15.4. The van der Waals surface area contributed by atoms with Crippen LogP contribution in [-0.2, 0) is 25.9 Å². The van der Waals surface area contributed by atoms with Gasteiger partial charge in [-0.3, -0.25) is 24.7 Å². The van der Waals surface area contributed by atoms with Gasteiger partial charge in [0.15, 0.2) is 23.0 Å². The van der Waals surface area contributed by atoms with Gasteiger partial charge in [-0.1, -0.05) is 24.3 Å². The van der Waals surface area contributed by atoms with Crippen molar-refractivity contribution in [2.75, 3.05) is 126 Å². The summed E-state index contributed by atoms with van der Waals surface area (Å²) in [5, 5.41) is 27.9. The minimum atomic E-state index is -4.84. The van der Waals surface area contributed by atoms with Gasteiger partial charge in [0.05, 0.1) is 71.4 Å². The van der Waals surface area contributed by atoms with Gasteiger partial charge in [-0.2, -0.15) is 4.98 Å². The van der Waals surface area contributed by atoms with E-state index in [1.807, 2.05) is 30.2 Å². The summed E-state index contributed by atoms with van der Waals surface area (Å²) >= 11 is 0. The first-order valence-corrected chi connectivity index (χ1v) is 32.5. The maximum atomic E-state index is 16.4. The first-order chi connectivity index (χ1) is 42.5. The van der Waals surface area contributed by atoms with Gasteiger partial charge >= 0.3 is 0 Å². The lowest BCUT2D eigenvalue weighted by Crippen LogP contribution is -2.60. The lowest BCUT2D eigenvalue weighted by atomic mass is 9.59. The maximum absolute atomic E-state index is 16.4. The van der Waals surface area contributed by atoms with Crippen molar-refractivity contribution in [1.82, 2.24) is 29.7 Å². The molecule has 88 heavy (non-hydrogen) atoms. The maximum Gasteiger partial charge on any atom is 0.297 e. The number of morpholine rings is 1. The average molecular weight is 1220 g/mol. The molecule has 466 valence electrons. The summed E-state index contributed by atoms with van der Waals surface area (Å²) in [5.74, 6) is 1.02. The number of carbonyl (C=O) groups is 1. The average Bonchev–Trinajstić information content (AvgIpc) is 0.919. The van der Waals surface area contributed by atoms with E-state index < -0.39 is 44.1 Å². The van der Waals surface area contributed by atoms with E-state index in [0.717, 1.165) is 93.5 Å². The summed E-state index contributed by atoms with van der Waals surface area (Å²) in [6.07, 6.45) is 8.29. The van der Waals surface area contributed by atoms with Gasteiger partial charge in [0.2, 0.25) is 15.7 Å². The monoisotopic (exact) mass is 1220 g/mol. The van der Waals surface area contributed by atoms with Crippen molar-refractivity contribution in [2.24, 2.45) is 11.1 Å². The first-order valence-electron chi connectivity index (χ1n) is 31.1. The second-order valence-corrected chi connectivity index (χ2v) is 27.6. The number of methoxy groups -OCH3 is 1. The van der Waals surface area contributed by atoms with Crippen molar-refractivity contribution < 1.29 is 46.9 Å². The molecule has 23 nitrogen and oxygen atoms in total. The predicted octanol–water partition coefficient (Wildman–Crippen LogP) is 6.97. The van der Waals surface area contributed by atoms with Crippen LogP contribution in [0.3, 0.4) is 0 Å². The van der Waals surface area contributed by atoms with Crippen LogP contribution >= 0.6 is 0 Å². The molecule has 1 saturated carbocycles. The molecule has 5 saturated heterocycles. The number of nitro groups is 1. The number of primary amides is 1. The van der Waals surface area contributed by atoms with Crippen LogP contribution in [0, 0.1) is 22.5 Å². The minimum Gasteiger partial charge on any atom is -0.493 e. The van der Waals surface area contributed by atoms with Crippen LogP contribution < -0.4 is 40.0 Å². The number of fused-ring (bicyclic) bond motifs is 4. The largest absolute Gasteiger partial charge is 0.493 e. The van der Waals surface area contributed by atoms with Gasteiger partial charge in [-0.15, -0.1) is 0 Å². The topological polar surface area (TPSA) is 260 Å². The van der Waals surface area contributed by atoms with Crippen LogP contribution in [0.15, 0.2) is 88.9 Å². The Morgan fingerprint density at radius 1 is 0.909 bits per heavy atom. The van der Waals surface area contributed by atoms with Crippen molar-refractivity contribution in [1.29, 1.82) is 0 Å². The highest BCUT2D eigenvalue weighted by atomic mass is 32.2. The second kappa shape index (κ2) is 23.2. The summed E-state index contributed by atoms with van der Waals surface area (Å²) in [7, 11) is -3.13. The molecule has 24 heteroatoms. The highest BCUT2D eigenvalue weighted by molar-refractivity contribution is 7.91. The molecular weight excluding hydrogens is 1140 g/mol. The van der Waals surface area contributed by atoms with Crippen molar-refractivity contribution in [2.45, 2.75) is 111 Å². The van der Waals surface area contributed by atoms with E-state index >= 15 is 8.42 Å². The lowest BCUT2D eigenvalue weighted by Gasteiger charge is -2.58. The van der Waals surface area contributed by atoms with Crippen molar-refractivity contribution >= 4 is 61.0 Å². The quantitative estimate of drug-likeness (QED) is 0.0634. The van der Waals surface area contributed by atoms with E-state index in [1.54, 1.807) is 25.4 Å². The zero-order chi connectivity index (χ0) is 60.6. The molecular formula is C64H78N12O11S. The Hall–Kier alpha value is -7.32. The van der Waals surface area contributed by atoms with Gasteiger partial charge in [-0.05, 0) is 111 Å². The van der Waals surface area contributed by atoms with Gasteiger partial charge < -0.3 is 64.4 Å². The minimum absolute atomic E-state index is 0.00879. The number of pyridine rings is 2. The zero-order valence-electron chi connectivity index (χ0n) is 50.2. The molecule has 7 aliphatic heterocycles. The molecule has 1 amide bonds. The number of nitrogens with one attached hydrogen (secondary N) is 2. The number of benzene rings is 3. The lowest BCUT2D eigenvalue weighted by molar-refractivity contribution is -0.384. The third kappa shape index (κ3) is 10.9. The molecule has 0 radical (unpaired) electrons. The number of nitrogens with zero attached hydrogens (tertiary/aromatic N) is 9. The molecule has 14 rings (SSSR count). The summed E-state index contributed by atoms with van der Waals surface area (Å²) in [4.78, 5) is 52.8. The van der Waals surface area contributed by atoms with Crippen molar-refractivity contribution in [3.8, 4) is 17.4 Å². The Bertz CT molecular complexity index is 3760. The molecule has 8 aliphatic rings. The summed E-state index contributed by atoms with van der Waals surface area (Å²) in [6.45, 7) is 13.7. The number of hydrogen-bond acceptors (Lipinski definition) is 20. The van der Waals surface area contributed by atoms with Crippen molar-refractivity contribution in [3.63, 3.8) is 0 Å². The summed E-state index contributed by atoms with van der Waals surface area (Å²) in [5.41, 5.74) is 10.3. The van der Waals surface area contributed by atoms with Crippen LogP contribution in [0.4, 0.5) is 34.3 Å². The Balaban J connectivity index is 0.779. The molecule has 1 aliphatic carbocycles. The Labute approximate surface area is 512 Å². The number of piperazine rings is 1. The summed E-state index contributed by atoms with van der Waals surface area (Å²) in [6, 6.07) is 20.0. The number of sulfone groups is 1. The molecule has 5 N–H and O–H groups in total. The molecule has 0 unspecified atom stereocenters. The number of carbonyl (C=O) groups excluding carboxylic acids is 1. The highest BCUT2D eigenvalue weighted by Crippen LogP contribution is 2.56. The fourth-order valence-electron chi connectivity index (χ4n) is 15.2. The van der Waals surface area contributed by atoms with E-state index in [-0.39, 0.29) is 69.1 Å². The number of amides is 1. The molecule has 6 aromatic rings. The number of anilines is 5. The molecule has 4 atom stereocenters. The van der Waals surface area contributed by atoms with Crippen LogP contribution in [0.1, 0.15) is 85.0 Å². The standard InChI is InChI=1S/C64H78N12O11S/c1-40-6-4-5-7-46(40)52-37-71(35-41-28-54(83-3)61(67-34-41)73-23-26-84-27-24-73)21-22-74(52)44-32-64(33-44)14-19-72(20-15-64)49-9-8-47(59(65)77)57(75-48-11-25-85-39-55(48)87-62-51(75)29-42-10-16-66-60(42)69-62)58(49)88(81,82)45-30-50(76(79)80)56-53(31-45)86-38-43(68-56)36-70-17-12-63(2,78)13-18-70/h4-10,16,28-31,34,43-44,48,52,55,68,78H,11-15,17-27,32-33,35-39H2,1-3H3,(H2,65,77)(H,66,69)/t43-,48+,52+,55+/m1/s1. The SMILES string of the molecule is COc1cc(CN2CCN(C3CC4(CCN(c5ccc(C(N)=O)c(N6c7cc8cc[nH]c8nc7O[C@H]7COCC[C@@H]76)c5S(=O)(=O)c5cc6c(c([N+](=O)[O-])c5)N[C@H](CN5CCC(C)(O)CC5)CO6)CC4)C3)[C@H](c3ccccc3C)C2)cnc1N1CCOCC1. The summed E-state index contributed by atoms with van der Waals surface area (Å²) < 4.78 is 63.2. The van der Waals surface area contributed by atoms with Gasteiger partial charge in [-0.25, -0.2) is 13.4 Å². The molecule has 1 spiro atoms. The number of piperidine rings is 2. The molecule has 0 bridgehead atoms. The fourth-order valence-corrected chi connectivity index (χ4v) is 16.9. The van der Waals surface area contributed by atoms with Crippen LogP contribution in [0.25, 0.3) is 11.0 Å². The number of aryl methyl sites for hydroxylation is 1. The van der Waals surface area contributed by atoms with Gasteiger partial charge in [0, 0.05) is 121 Å². The highest BCUT2D eigenvalue weighted by Gasteiger charge is 2.52. The number of nitrogens with two attached hydrogens (primary N) is 1. The molecule has 6 fully saturated rings. The fraction of sp³-hybridized carbons (Fsp3) is 0.516. The zero-order valence-corrected chi connectivity index (χ0v) is 51.0. The van der Waals surface area contributed by atoms with Crippen molar-refractivity contribution in [3.05, 3.63) is 111 Å². The van der Waals surface area contributed by atoms with E-state index in [1.165, 1.54) is 17.2 Å². The number of aromatic amines is 1. The smallest absolute Gasteiger partial charge is 0.297 e. The van der Waals surface area contributed by atoms with E-state index in [2.05, 4.69) is 72.1 Å². The number of hydrogen-bond donors (Lipinski definition) is 4. The van der Waals surface area contributed by atoms with E-state index in [9.17, 15) is 20.0 Å². The van der Waals surface area contributed by atoms with Crippen LogP contribution in [0.2, 0.25) is 0 Å². The van der Waals surface area contributed by atoms with Gasteiger partial charge in [0.25, 0.3) is 11.6 Å². The number of rotatable bonds is 14. The number of nitro benzene ring substituents is 1. The normalized spacial score (nSPS) is 24.1. The number of aliphatic hydroxyl groups is 1. The van der Waals surface area contributed by atoms with Gasteiger partial charge in [0.1, 0.15) is 28.9 Å². The number of H-pyrrole nitrogens is 1. The van der Waals surface area contributed by atoms with Crippen LogP contribution in [-0.4, -0.2) is 189 Å². The second-order valence-electron chi connectivity index (χ2n) is 25.7. The van der Waals surface area contributed by atoms with E-state index in [4.69, 9.17) is 39.4 Å². The number of aromatic nitrogens is 3. The van der Waals surface area contributed by atoms with Crippen LogP contribution in [0.5, 0.6) is 17.4 Å². The molecule has 3 aromatic carbocycles. The Morgan fingerprint density at radius 2 is 1.70 bits per heavy atom. The molecule has 3 aromatic heterocycles. The third-order valence-electron chi connectivity index (χ3n) is 20.1.